The molecule has 96 valence electrons. The van der Waals surface area contributed by atoms with E-state index in [0.29, 0.717) is 13.0 Å². The van der Waals surface area contributed by atoms with Crippen LogP contribution in [0.1, 0.15) is 25.7 Å². The van der Waals surface area contributed by atoms with E-state index in [9.17, 15) is 4.79 Å². The maximum absolute atomic E-state index is 11.7. The van der Waals surface area contributed by atoms with Crippen LogP contribution in [0.2, 0.25) is 0 Å². The van der Waals surface area contributed by atoms with E-state index in [1.807, 2.05) is 19.3 Å². The minimum Gasteiger partial charge on any atom is -0.396 e. The molecule has 1 amide bonds. The molecule has 5 nitrogen and oxygen atoms in total. The lowest BCUT2D eigenvalue weighted by atomic mass is 10.2. The normalized spacial score (nSPS) is 10.5. The third kappa shape index (κ3) is 5.49. The number of aromatic nitrogens is 2. The van der Waals surface area contributed by atoms with Crippen LogP contribution in [0.3, 0.4) is 0 Å². The van der Waals surface area contributed by atoms with Crippen molar-refractivity contribution >= 4 is 5.91 Å². The van der Waals surface area contributed by atoms with Crippen LogP contribution in [0, 0.1) is 0 Å². The monoisotopic (exact) mass is 239 g/mol. The minimum atomic E-state index is 0.143. The topological polar surface area (TPSA) is 58.4 Å². The van der Waals surface area contributed by atoms with Crippen LogP contribution in [-0.2, 0) is 11.3 Å². The van der Waals surface area contributed by atoms with Gasteiger partial charge in [0, 0.05) is 45.6 Å². The molecule has 1 aromatic rings. The summed E-state index contributed by atoms with van der Waals surface area (Å²) in [5.74, 6) is 0.143. The Kier molecular flexibility index (Phi) is 6.32. The van der Waals surface area contributed by atoms with Gasteiger partial charge in [0.15, 0.2) is 0 Å². The zero-order valence-corrected chi connectivity index (χ0v) is 10.4. The van der Waals surface area contributed by atoms with Crippen LogP contribution in [0.4, 0.5) is 0 Å². The van der Waals surface area contributed by atoms with Gasteiger partial charge in [-0.2, -0.15) is 5.10 Å². The fourth-order valence-electron chi connectivity index (χ4n) is 1.60. The lowest BCUT2D eigenvalue weighted by Crippen LogP contribution is -2.28. The molecule has 1 N–H and O–H groups in total. The molecule has 5 heteroatoms. The minimum absolute atomic E-state index is 0.143. The Balaban J connectivity index is 2.13. The van der Waals surface area contributed by atoms with Crippen molar-refractivity contribution in [2.24, 2.45) is 0 Å². The fourth-order valence-corrected chi connectivity index (χ4v) is 1.60. The van der Waals surface area contributed by atoms with Crippen molar-refractivity contribution in [3.05, 3.63) is 18.5 Å². The van der Waals surface area contributed by atoms with Gasteiger partial charge in [-0.05, 0) is 25.3 Å². The third-order valence-electron chi connectivity index (χ3n) is 2.69. The molecule has 0 spiro atoms. The number of aliphatic hydroxyl groups excluding tert-OH is 1. The SMILES string of the molecule is CN(CCCCCO)C(=O)CCn1cccn1. The Morgan fingerprint density at radius 3 is 2.88 bits per heavy atom. The largest absolute Gasteiger partial charge is 0.396 e. The molecule has 0 radical (unpaired) electrons. The number of aliphatic hydroxyl groups is 1. The standard InChI is InChI=1S/C12H21N3O2/c1-14(8-3-2-4-11-16)12(17)6-10-15-9-5-7-13-15/h5,7,9,16H,2-4,6,8,10-11H2,1H3. The van der Waals surface area contributed by atoms with Crippen LogP contribution in [0.5, 0.6) is 0 Å². The van der Waals surface area contributed by atoms with Gasteiger partial charge < -0.3 is 10.0 Å². The zero-order valence-electron chi connectivity index (χ0n) is 10.4. The number of unbranched alkanes of at least 4 members (excludes halogenated alkanes) is 2. The molecule has 0 aliphatic heterocycles. The number of nitrogens with zero attached hydrogens (tertiary/aromatic N) is 3. The maximum Gasteiger partial charge on any atom is 0.224 e. The summed E-state index contributed by atoms with van der Waals surface area (Å²) < 4.78 is 1.76. The summed E-state index contributed by atoms with van der Waals surface area (Å²) in [6, 6.07) is 1.85. The number of carbonyl (C=O) groups excluding carboxylic acids is 1. The van der Waals surface area contributed by atoms with E-state index < -0.39 is 0 Å². The highest BCUT2D eigenvalue weighted by Crippen LogP contribution is 2.00. The smallest absolute Gasteiger partial charge is 0.224 e. The molecule has 0 saturated heterocycles. The molecule has 17 heavy (non-hydrogen) atoms. The third-order valence-corrected chi connectivity index (χ3v) is 2.69. The molecule has 0 unspecified atom stereocenters. The van der Waals surface area contributed by atoms with E-state index in [1.165, 1.54) is 0 Å². The Morgan fingerprint density at radius 1 is 1.41 bits per heavy atom. The molecule has 0 aromatic carbocycles. The first-order chi connectivity index (χ1) is 8.24. The van der Waals surface area contributed by atoms with Gasteiger partial charge in [-0.25, -0.2) is 0 Å². The zero-order chi connectivity index (χ0) is 12.5. The van der Waals surface area contributed by atoms with E-state index >= 15 is 0 Å². The first-order valence-electron chi connectivity index (χ1n) is 6.06. The van der Waals surface area contributed by atoms with Gasteiger partial charge in [-0.1, -0.05) is 0 Å². The van der Waals surface area contributed by atoms with Gasteiger partial charge in [-0.3, -0.25) is 9.48 Å². The first kappa shape index (κ1) is 13.7. The molecule has 1 rings (SSSR count). The van der Waals surface area contributed by atoms with Crippen LogP contribution in [-0.4, -0.2) is 45.9 Å². The van der Waals surface area contributed by atoms with E-state index in [2.05, 4.69) is 5.10 Å². The van der Waals surface area contributed by atoms with Gasteiger partial charge in [0.25, 0.3) is 0 Å². The summed E-state index contributed by atoms with van der Waals surface area (Å²) in [7, 11) is 1.82. The predicted octanol–water partition coefficient (Wildman–Crippen LogP) is 0.894. The Bertz CT molecular complexity index is 312. The average molecular weight is 239 g/mol. The molecule has 0 bridgehead atoms. The number of hydrogen-bond acceptors (Lipinski definition) is 3. The molecule has 0 aliphatic rings. The number of amides is 1. The second-order valence-corrected chi connectivity index (χ2v) is 4.12. The Hall–Kier alpha value is -1.36. The summed E-state index contributed by atoms with van der Waals surface area (Å²) in [6.45, 7) is 1.63. The van der Waals surface area contributed by atoms with Gasteiger partial charge in [0.05, 0.1) is 0 Å². The van der Waals surface area contributed by atoms with E-state index in [-0.39, 0.29) is 12.5 Å². The Morgan fingerprint density at radius 2 is 2.24 bits per heavy atom. The van der Waals surface area contributed by atoms with Gasteiger partial charge >= 0.3 is 0 Å². The summed E-state index contributed by atoms with van der Waals surface area (Å²) in [4.78, 5) is 13.5. The van der Waals surface area contributed by atoms with E-state index in [0.717, 1.165) is 25.8 Å². The van der Waals surface area contributed by atoms with Crippen LogP contribution < -0.4 is 0 Å². The van der Waals surface area contributed by atoms with Gasteiger partial charge in [0.2, 0.25) is 5.91 Å². The molecule has 0 fully saturated rings. The Labute approximate surface area is 102 Å². The molecular formula is C12H21N3O2. The fraction of sp³-hybridized carbons (Fsp3) is 0.667. The van der Waals surface area contributed by atoms with E-state index in [1.54, 1.807) is 15.8 Å². The number of carbonyl (C=O) groups is 1. The summed E-state index contributed by atoms with van der Waals surface area (Å²) in [5.41, 5.74) is 0. The van der Waals surface area contributed by atoms with Gasteiger partial charge in [-0.15, -0.1) is 0 Å². The molecule has 0 atom stereocenters. The number of aryl methyl sites for hydroxylation is 1. The highest BCUT2D eigenvalue weighted by Gasteiger charge is 2.08. The number of hydrogen-bond donors (Lipinski definition) is 1. The molecule has 0 aliphatic carbocycles. The van der Waals surface area contributed by atoms with Crippen molar-refractivity contribution in [1.82, 2.24) is 14.7 Å². The summed E-state index contributed by atoms with van der Waals surface area (Å²) >= 11 is 0. The van der Waals surface area contributed by atoms with Crippen molar-refractivity contribution < 1.29 is 9.90 Å². The highest BCUT2D eigenvalue weighted by molar-refractivity contribution is 5.75. The lowest BCUT2D eigenvalue weighted by Gasteiger charge is -2.16. The van der Waals surface area contributed by atoms with Crippen molar-refractivity contribution in [2.45, 2.75) is 32.2 Å². The van der Waals surface area contributed by atoms with Crippen molar-refractivity contribution in [3.63, 3.8) is 0 Å². The molecule has 1 heterocycles. The lowest BCUT2D eigenvalue weighted by molar-refractivity contribution is -0.130. The average Bonchev–Trinajstić information content (AvgIpc) is 2.84. The maximum atomic E-state index is 11.7. The van der Waals surface area contributed by atoms with E-state index in [4.69, 9.17) is 5.11 Å². The second kappa shape index (κ2) is 7.84. The van der Waals surface area contributed by atoms with Crippen LogP contribution >= 0.6 is 0 Å². The summed E-state index contributed by atoms with van der Waals surface area (Å²) in [6.07, 6.45) is 6.78. The van der Waals surface area contributed by atoms with Crippen molar-refractivity contribution in [1.29, 1.82) is 0 Å². The molecular weight excluding hydrogens is 218 g/mol. The highest BCUT2D eigenvalue weighted by atomic mass is 16.2. The number of rotatable bonds is 8. The second-order valence-electron chi connectivity index (χ2n) is 4.12. The predicted molar refractivity (Wildman–Crippen MR) is 65.4 cm³/mol. The first-order valence-corrected chi connectivity index (χ1v) is 6.06. The van der Waals surface area contributed by atoms with Crippen molar-refractivity contribution in [3.8, 4) is 0 Å². The van der Waals surface area contributed by atoms with Crippen molar-refractivity contribution in [2.75, 3.05) is 20.2 Å². The van der Waals surface area contributed by atoms with Crippen LogP contribution in [0.25, 0.3) is 0 Å². The summed E-state index contributed by atoms with van der Waals surface area (Å²) in [5, 5.41) is 12.7. The molecule has 1 aromatic heterocycles. The molecule has 0 saturated carbocycles. The quantitative estimate of drug-likeness (QED) is 0.685. The van der Waals surface area contributed by atoms with Gasteiger partial charge in [0.1, 0.15) is 0 Å². The van der Waals surface area contributed by atoms with Crippen LogP contribution in [0.15, 0.2) is 18.5 Å².